The zero-order valence-corrected chi connectivity index (χ0v) is 22.1. The number of nitro benzene ring substituents is 1. The van der Waals surface area contributed by atoms with Crippen LogP contribution in [0.4, 0.5) is 11.4 Å². The fourth-order valence-corrected chi connectivity index (χ4v) is 6.01. The van der Waals surface area contributed by atoms with E-state index in [2.05, 4.69) is 6.92 Å². The molecular formula is C30H34N2O7. The van der Waals surface area contributed by atoms with E-state index in [1.165, 1.54) is 24.3 Å². The van der Waals surface area contributed by atoms with Gasteiger partial charge in [-0.1, -0.05) is 54.8 Å². The van der Waals surface area contributed by atoms with Crippen molar-refractivity contribution in [2.45, 2.75) is 52.1 Å². The van der Waals surface area contributed by atoms with Crippen molar-refractivity contribution in [3.63, 3.8) is 0 Å². The molecule has 1 fully saturated rings. The molecule has 4 rings (SSSR count). The fourth-order valence-electron chi connectivity index (χ4n) is 6.01. The average molecular weight is 535 g/mol. The van der Waals surface area contributed by atoms with Crippen LogP contribution in [0.2, 0.25) is 0 Å². The predicted molar refractivity (Wildman–Crippen MR) is 147 cm³/mol. The highest BCUT2D eigenvalue weighted by molar-refractivity contribution is 6.22. The SMILES string of the molecule is CCC/C(=C\c1ccccc1O)CC[C@@H](O)C1=C(C)C[C@H]2C(=O)N(c3cccc([N+](=O)[O-])c3)C(=O)[C@H]2[C@H]1CO. The van der Waals surface area contributed by atoms with Crippen LogP contribution >= 0.6 is 0 Å². The number of hydrogen-bond donors (Lipinski definition) is 3. The van der Waals surface area contributed by atoms with Crippen molar-refractivity contribution in [2.24, 2.45) is 17.8 Å². The molecule has 2 aromatic carbocycles. The number of aliphatic hydroxyl groups excluding tert-OH is 2. The molecule has 0 spiro atoms. The monoisotopic (exact) mass is 534 g/mol. The Kier molecular flexibility index (Phi) is 8.62. The van der Waals surface area contributed by atoms with E-state index in [0.717, 1.165) is 28.9 Å². The molecule has 1 heterocycles. The summed E-state index contributed by atoms with van der Waals surface area (Å²) in [6, 6.07) is 12.4. The number of anilines is 1. The Bertz CT molecular complexity index is 1330. The predicted octanol–water partition coefficient (Wildman–Crippen LogP) is 4.76. The molecule has 1 aliphatic heterocycles. The van der Waals surface area contributed by atoms with Crippen LogP contribution in [0.15, 0.2) is 65.3 Å². The first-order valence-electron chi connectivity index (χ1n) is 13.3. The van der Waals surface area contributed by atoms with Crippen molar-refractivity contribution in [1.82, 2.24) is 0 Å². The number of amides is 2. The number of carbonyl (C=O) groups is 2. The maximum absolute atomic E-state index is 13.5. The van der Waals surface area contributed by atoms with Crippen LogP contribution in [0.5, 0.6) is 5.75 Å². The van der Waals surface area contributed by atoms with Gasteiger partial charge in [-0.2, -0.15) is 0 Å². The molecule has 0 radical (unpaired) electrons. The third-order valence-electron chi connectivity index (χ3n) is 7.79. The summed E-state index contributed by atoms with van der Waals surface area (Å²) in [6.07, 6.45) is 3.86. The van der Waals surface area contributed by atoms with Crippen molar-refractivity contribution < 1.29 is 29.8 Å². The summed E-state index contributed by atoms with van der Waals surface area (Å²) in [5, 5.41) is 43.1. The van der Waals surface area contributed by atoms with Gasteiger partial charge in [-0.3, -0.25) is 19.7 Å². The number of nitro groups is 1. The number of imide groups is 1. The molecule has 1 aliphatic carbocycles. The van der Waals surface area contributed by atoms with Crippen molar-refractivity contribution in [3.8, 4) is 5.75 Å². The summed E-state index contributed by atoms with van der Waals surface area (Å²) in [7, 11) is 0. The lowest BCUT2D eigenvalue weighted by Gasteiger charge is -2.35. The number of phenols is 1. The average Bonchev–Trinajstić information content (AvgIpc) is 3.16. The number of fused-ring (bicyclic) bond motifs is 1. The normalized spacial score (nSPS) is 22.3. The minimum atomic E-state index is -0.928. The van der Waals surface area contributed by atoms with Crippen LogP contribution in [0, 0.1) is 27.9 Å². The van der Waals surface area contributed by atoms with E-state index in [0.29, 0.717) is 24.0 Å². The number of carbonyl (C=O) groups excluding carboxylic acids is 2. The molecule has 9 heteroatoms. The molecule has 3 N–H and O–H groups in total. The van der Waals surface area contributed by atoms with E-state index >= 15 is 0 Å². The van der Waals surface area contributed by atoms with Gasteiger partial charge >= 0.3 is 0 Å². The maximum atomic E-state index is 13.5. The molecule has 2 aliphatic rings. The van der Waals surface area contributed by atoms with Gasteiger partial charge in [0.1, 0.15) is 5.75 Å². The van der Waals surface area contributed by atoms with Crippen LogP contribution in [0.25, 0.3) is 6.08 Å². The van der Waals surface area contributed by atoms with Crippen LogP contribution in [0.3, 0.4) is 0 Å². The maximum Gasteiger partial charge on any atom is 0.271 e. The van der Waals surface area contributed by atoms with Crippen molar-refractivity contribution in [3.05, 3.63) is 80.9 Å². The van der Waals surface area contributed by atoms with Gasteiger partial charge in [0, 0.05) is 23.6 Å². The van der Waals surface area contributed by atoms with Crippen molar-refractivity contribution >= 4 is 29.3 Å². The van der Waals surface area contributed by atoms with Gasteiger partial charge in [0.2, 0.25) is 11.8 Å². The largest absolute Gasteiger partial charge is 0.507 e. The topological polar surface area (TPSA) is 141 Å². The molecule has 2 aromatic rings. The van der Waals surface area contributed by atoms with Crippen molar-refractivity contribution in [1.29, 1.82) is 0 Å². The highest BCUT2D eigenvalue weighted by Crippen LogP contribution is 2.47. The van der Waals surface area contributed by atoms with Gasteiger partial charge in [0.05, 0.1) is 35.2 Å². The highest BCUT2D eigenvalue weighted by Gasteiger charge is 2.55. The first-order chi connectivity index (χ1) is 18.7. The molecule has 1 saturated heterocycles. The molecule has 9 nitrogen and oxygen atoms in total. The van der Waals surface area contributed by atoms with Crippen LogP contribution in [-0.4, -0.2) is 44.8 Å². The lowest BCUT2D eigenvalue weighted by atomic mass is 9.68. The number of rotatable bonds is 10. The quantitative estimate of drug-likeness (QED) is 0.173. The standard InChI is InChI=1S/C30H34N2O7/c1-3-7-19(15-20-8-4-5-11-25(20)34)12-13-26(35)27-18(2)14-23-28(24(27)17-33)30(37)31(29(23)36)21-9-6-10-22(16-21)32(38)39/h4-6,8-11,15-16,23-24,26,28,33-35H,3,7,12-14,17H2,1-2H3/b19-15+/t23-,24+,26-,28-/m1/s1. The number of para-hydroxylation sites is 1. The number of phenolic OH excluding ortho intramolecular Hbond substituents is 1. The molecule has 0 unspecified atom stereocenters. The Labute approximate surface area is 227 Å². The Morgan fingerprint density at radius 1 is 1.15 bits per heavy atom. The Morgan fingerprint density at radius 3 is 2.56 bits per heavy atom. The summed E-state index contributed by atoms with van der Waals surface area (Å²) in [4.78, 5) is 38.5. The summed E-state index contributed by atoms with van der Waals surface area (Å²) in [6.45, 7) is 3.46. The number of nitrogens with zero attached hydrogens (tertiary/aromatic N) is 2. The second-order valence-corrected chi connectivity index (χ2v) is 10.3. The minimum absolute atomic E-state index is 0.128. The summed E-state index contributed by atoms with van der Waals surface area (Å²) >= 11 is 0. The first-order valence-corrected chi connectivity index (χ1v) is 13.3. The third kappa shape index (κ3) is 5.65. The zero-order valence-electron chi connectivity index (χ0n) is 22.1. The summed E-state index contributed by atoms with van der Waals surface area (Å²) in [5.41, 5.74) is 3.02. The molecule has 206 valence electrons. The first kappa shape index (κ1) is 28.2. The molecule has 0 bridgehead atoms. The number of allylic oxidation sites excluding steroid dienone is 2. The van der Waals surface area contributed by atoms with Crippen LogP contribution < -0.4 is 4.90 Å². The number of benzene rings is 2. The van der Waals surface area contributed by atoms with Gasteiger partial charge in [-0.25, -0.2) is 4.90 Å². The highest BCUT2D eigenvalue weighted by atomic mass is 16.6. The van der Waals surface area contributed by atoms with E-state index in [-0.39, 0.29) is 23.5 Å². The Morgan fingerprint density at radius 2 is 1.90 bits per heavy atom. The van der Waals surface area contributed by atoms with Gasteiger partial charge in [-0.15, -0.1) is 0 Å². The molecule has 0 saturated carbocycles. The number of aromatic hydroxyl groups is 1. The number of hydrogen-bond acceptors (Lipinski definition) is 7. The van der Waals surface area contributed by atoms with Gasteiger partial charge in [0.15, 0.2) is 0 Å². The van der Waals surface area contributed by atoms with E-state index in [9.17, 15) is 35.0 Å². The Hall–Kier alpha value is -3.82. The van der Waals surface area contributed by atoms with Gasteiger partial charge < -0.3 is 15.3 Å². The fraction of sp³-hybridized carbons (Fsp3) is 0.400. The second kappa shape index (κ2) is 11.9. The minimum Gasteiger partial charge on any atom is -0.507 e. The van der Waals surface area contributed by atoms with E-state index in [1.807, 2.05) is 25.1 Å². The van der Waals surface area contributed by atoms with Crippen LogP contribution in [-0.2, 0) is 9.59 Å². The summed E-state index contributed by atoms with van der Waals surface area (Å²) < 4.78 is 0. The lowest BCUT2D eigenvalue weighted by Crippen LogP contribution is -2.38. The van der Waals surface area contributed by atoms with E-state index in [4.69, 9.17) is 0 Å². The van der Waals surface area contributed by atoms with Gasteiger partial charge in [-0.05, 0) is 50.3 Å². The lowest BCUT2D eigenvalue weighted by molar-refractivity contribution is -0.384. The molecule has 39 heavy (non-hydrogen) atoms. The number of non-ortho nitro benzene ring substituents is 1. The molecule has 4 atom stereocenters. The second-order valence-electron chi connectivity index (χ2n) is 10.3. The summed E-state index contributed by atoms with van der Waals surface area (Å²) in [5.74, 6) is -3.10. The van der Waals surface area contributed by atoms with Crippen molar-refractivity contribution in [2.75, 3.05) is 11.5 Å². The molecule has 2 amide bonds. The smallest absolute Gasteiger partial charge is 0.271 e. The van der Waals surface area contributed by atoms with Gasteiger partial charge in [0.25, 0.3) is 5.69 Å². The molecule has 0 aromatic heterocycles. The zero-order chi connectivity index (χ0) is 28.3. The molecular weight excluding hydrogens is 500 g/mol. The Balaban J connectivity index is 1.57. The van der Waals surface area contributed by atoms with E-state index < -0.39 is 47.2 Å². The number of aliphatic hydroxyl groups is 2. The van der Waals surface area contributed by atoms with Crippen LogP contribution in [0.1, 0.15) is 51.5 Å². The van der Waals surface area contributed by atoms with E-state index in [1.54, 1.807) is 12.1 Å². The third-order valence-corrected chi connectivity index (χ3v) is 7.79.